The molecule has 0 spiro atoms. The second kappa shape index (κ2) is 11.3. The van der Waals surface area contributed by atoms with Crippen LogP contribution in [-0.4, -0.2) is 35.3 Å². The van der Waals surface area contributed by atoms with Crippen LogP contribution in [-0.2, 0) is 16.4 Å². The van der Waals surface area contributed by atoms with Crippen molar-refractivity contribution in [3.05, 3.63) is 107 Å². The number of benzene rings is 3. The first kappa shape index (κ1) is 27.0. The molecule has 11 nitrogen and oxygen atoms in total. The molecule has 13 heteroatoms. The Morgan fingerprint density at radius 3 is 2.65 bits per heavy atom. The number of amidine groups is 1. The minimum atomic E-state index is -4.07. The predicted molar refractivity (Wildman–Crippen MR) is 151 cm³/mol. The van der Waals surface area contributed by atoms with Crippen LogP contribution in [0.2, 0.25) is 0 Å². The summed E-state index contributed by atoms with van der Waals surface area (Å²) in [7, 11) is -4.07. The molecule has 3 aromatic carbocycles. The summed E-state index contributed by atoms with van der Waals surface area (Å²) in [6, 6.07) is 19.7. The van der Waals surface area contributed by atoms with Crippen LogP contribution in [0.4, 0.5) is 5.69 Å². The molecule has 0 aliphatic carbocycles. The van der Waals surface area contributed by atoms with Crippen LogP contribution in [0.25, 0.3) is 10.2 Å². The maximum Gasteiger partial charge on any atom is 0.277 e. The smallest absolute Gasteiger partial charge is 0.277 e. The molecule has 40 heavy (non-hydrogen) atoms. The zero-order valence-corrected chi connectivity index (χ0v) is 22.7. The maximum atomic E-state index is 13.6. The number of sulfonamides is 1. The third-order valence-corrected chi connectivity index (χ3v) is 8.55. The van der Waals surface area contributed by atoms with E-state index in [-0.39, 0.29) is 28.5 Å². The number of amides is 1. The summed E-state index contributed by atoms with van der Waals surface area (Å²) in [5, 5.41) is 15.3. The Labute approximate surface area is 233 Å². The number of thiazole rings is 1. The second-order valence-corrected chi connectivity index (χ2v) is 11.6. The van der Waals surface area contributed by atoms with Gasteiger partial charge in [0.25, 0.3) is 5.91 Å². The topological polar surface area (TPSA) is 173 Å². The van der Waals surface area contributed by atoms with Gasteiger partial charge in [-0.25, -0.2) is 23.1 Å². The van der Waals surface area contributed by atoms with Crippen LogP contribution < -0.4 is 15.8 Å². The second-order valence-electron chi connectivity index (χ2n) is 8.82. The Bertz CT molecular complexity index is 1800. The number of aromatic nitrogens is 2. The van der Waals surface area contributed by atoms with E-state index in [1.165, 1.54) is 35.8 Å². The van der Waals surface area contributed by atoms with E-state index in [2.05, 4.69) is 25.2 Å². The average Bonchev–Trinajstić information content (AvgIpc) is 3.59. The summed E-state index contributed by atoms with van der Waals surface area (Å²) in [5.41, 5.74) is 8.11. The van der Waals surface area contributed by atoms with Crippen molar-refractivity contribution in [3.8, 4) is 0 Å². The quantitative estimate of drug-likeness (QED) is 0.0874. The first-order valence-corrected chi connectivity index (χ1v) is 14.3. The van der Waals surface area contributed by atoms with Crippen molar-refractivity contribution in [1.82, 2.24) is 14.7 Å². The van der Waals surface area contributed by atoms with E-state index < -0.39 is 22.0 Å². The van der Waals surface area contributed by atoms with Crippen molar-refractivity contribution in [1.29, 1.82) is 0 Å². The molecule has 1 unspecified atom stereocenters. The van der Waals surface area contributed by atoms with Gasteiger partial charge in [-0.1, -0.05) is 41.6 Å². The number of aryl methyl sites for hydroxylation is 1. The highest BCUT2D eigenvalue weighted by atomic mass is 32.2. The van der Waals surface area contributed by atoms with Crippen molar-refractivity contribution >= 4 is 49.0 Å². The number of oxime groups is 1. The molecule has 0 aliphatic heterocycles. The summed E-state index contributed by atoms with van der Waals surface area (Å²) in [4.78, 5) is 21.1. The van der Waals surface area contributed by atoms with Crippen LogP contribution in [0.5, 0.6) is 0 Å². The lowest BCUT2D eigenvalue weighted by Crippen LogP contribution is -2.30. The number of anilines is 1. The summed E-state index contributed by atoms with van der Waals surface area (Å²) in [5.74, 6) is -0.251. The molecular formula is C27H24N6O5S2. The van der Waals surface area contributed by atoms with Crippen molar-refractivity contribution in [2.75, 3.05) is 5.32 Å². The summed E-state index contributed by atoms with van der Waals surface area (Å²) < 4.78 is 36.0. The Balaban J connectivity index is 1.45. The third-order valence-electron chi connectivity index (χ3n) is 5.93. The molecule has 0 saturated heterocycles. The van der Waals surface area contributed by atoms with E-state index in [0.29, 0.717) is 16.5 Å². The summed E-state index contributed by atoms with van der Waals surface area (Å²) in [6.07, 6.45) is 1.47. The van der Waals surface area contributed by atoms with Gasteiger partial charge in [0, 0.05) is 18.2 Å². The zero-order valence-electron chi connectivity index (χ0n) is 21.1. The van der Waals surface area contributed by atoms with Gasteiger partial charge in [0.2, 0.25) is 10.0 Å². The van der Waals surface area contributed by atoms with E-state index in [9.17, 15) is 13.2 Å². The van der Waals surface area contributed by atoms with Gasteiger partial charge < -0.3 is 20.7 Å². The molecule has 2 heterocycles. The first-order valence-electron chi connectivity index (χ1n) is 12.0. The molecule has 5 aromatic rings. The van der Waals surface area contributed by atoms with Crippen molar-refractivity contribution < 1.29 is 22.8 Å². The molecule has 0 saturated carbocycles. The number of rotatable bonds is 9. The molecule has 1 atom stereocenters. The first-order chi connectivity index (χ1) is 19.2. The number of para-hydroxylation sites is 1. The molecule has 5 rings (SSSR count). The Hall–Kier alpha value is -4.59. The molecule has 5 N–H and O–H groups in total. The SMILES string of the molecule is Cc1nc(C(=O)Nc2cccc(S(=O)(=O)NC(Cc3cccc(/C(N)=N\O)c3)c3nc4ccccc4s3)c2)co1. The Morgan fingerprint density at radius 2 is 1.90 bits per heavy atom. The van der Waals surface area contributed by atoms with Gasteiger partial charge in [-0.05, 0) is 48.4 Å². The number of carbonyl (C=O) groups excluding carboxylic acids is 1. The van der Waals surface area contributed by atoms with Crippen LogP contribution in [0.15, 0.2) is 93.5 Å². The van der Waals surface area contributed by atoms with E-state index in [0.717, 1.165) is 15.8 Å². The number of nitrogens with zero attached hydrogens (tertiary/aromatic N) is 3. The molecule has 0 bridgehead atoms. The van der Waals surface area contributed by atoms with Gasteiger partial charge in [-0.15, -0.1) is 11.3 Å². The highest BCUT2D eigenvalue weighted by Crippen LogP contribution is 2.30. The fourth-order valence-electron chi connectivity index (χ4n) is 4.03. The van der Waals surface area contributed by atoms with Crippen LogP contribution in [0.3, 0.4) is 0 Å². The van der Waals surface area contributed by atoms with Crippen molar-refractivity contribution in [3.63, 3.8) is 0 Å². The average molecular weight is 577 g/mol. The van der Waals surface area contributed by atoms with E-state index >= 15 is 0 Å². The van der Waals surface area contributed by atoms with Gasteiger partial charge in [-0.3, -0.25) is 4.79 Å². The molecular weight excluding hydrogens is 552 g/mol. The van der Waals surface area contributed by atoms with Gasteiger partial charge in [0.1, 0.15) is 11.3 Å². The highest BCUT2D eigenvalue weighted by molar-refractivity contribution is 7.89. The lowest BCUT2D eigenvalue weighted by Gasteiger charge is -2.18. The molecule has 2 aromatic heterocycles. The van der Waals surface area contributed by atoms with Gasteiger partial charge in [0.05, 0.1) is 21.2 Å². The minimum absolute atomic E-state index is 0.0434. The standard InChI is InChI=1S/C27H24N6O5S2/c1-16-29-23(15-38-16)26(34)30-19-8-5-9-20(14-19)40(36,37)33-22(27-31-21-10-2-3-11-24(21)39-27)13-17-6-4-7-18(12-17)25(28)32-35/h2-12,14-15,22,33,35H,13H2,1H3,(H2,28,32)(H,30,34). The molecule has 0 radical (unpaired) electrons. The predicted octanol–water partition coefficient (Wildman–Crippen LogP) is 4.20. The highest BCUT2D eigenvalue weighted by Gasteiger charge is 2.25. The zero-order chi connectivity index (χ0) is 28.3. The normalized spacial score (nSPS) is 12.9. The molecule has 0 fully saturated rings. The monoisotopic (exact) mass is 576 g/mol. The van der Waals surface area contributed by atoms with Gasteiger partial charge in [-0.2, -0.15) is 0 Å². The molecule has 1 amide bonds. The van der Waals surface area contributed by atoms with E-state index in [4.69, 9.17) is 15.4 Å². The van der Waals surface area contributed by atoms with E-state index in [1.54, 1.807) is 31.2 Å². The number of fused-ring (bicyclic) bond motifs is 1. The Morgan fingerprint density at radius 1 is 1.10 bits per heavy atom. The number of nitrogens with two attached hydrogens (primary N) is 1. The number of nitrogens with one attached hydrogen (secondary N) is 2. The number of hydrogen-bond acceptors (Lipinski definition) is 9. The summed E-state index contributed by atoms with van der Waals surface area (Å²) in [6.45, 7) is 1.61. The Kier molecular flexibility index (Phi) is 7.60. The largest absolute Gasteiger partial charge is 0.448 e. The maximum absolute atomic E-state index is 13.6. The van der Waals surface area contributed by atoms with Crippen LogP contribution >= 0.6 is 11.3 Å². The third kappa shape index (κ3) is 6.01. The fraction of sp³-hybridized carbons (Fsp3) is 0.111. The van der Waals surface area contributed by atoms with Crippen LogP contribution in [0, 0.1) is 6.92 Å². The van der Waals surface area contributed by atoms with Gasteiger partial charge in [0.15, 0.2) is 17.4 Å². The van der Waals surface area contributed by atoms with Gasteiger partial charge >= 0.3 is 0 Å². The van der Waals surface area contributed by atoms with E-state index in [1.807, 2.05) is 30.3 Å². The molecule has 0 aliphatic rings. The van der Waals surface area contributed by atoms with Crippen molar-refractivity contribution in [2.45, 2.75) is 24.3 Å². The molecule has 204 valence electrons. The van der Waals surface area contributed by atoms with Crippen LogP contribution in [0.1, 0.15) is 38.6 Å². The van der Waals surface area contributed by atoms with Crippen molar-refractivity contribution in [2.24, 2.45) is 10.9 Å². The summed E-state index contributed by atoms with van der Waals surface area (Å²) >= 11 is 1.39. The fourth-order valence-corrected chi connectivity index (χ4v) is 6.37. The minimum Gasteiger partial charge on any atom is -0.448 e. The lowest BCUT2D eigenvalue weighted by atomic mass is 10.0. The number of oxazole rings is 1. The lowest BCUT2D eigenvalue weighted by molar-refractivity contribution is 0.102. The number of carbonyl (C=O) groups is 1. The number of hydrogen-bond donors (Lipinski definition) is 4.